The molecule has 2 aromatic heterocycles. The molecular formula is C26H25ClN4O3S2. The predicted molar refractivity (Wildman–Crippen MR) is 143 cm³/mol. The topological polar surface area (TPSA) is 83.5 Å². The molecule has 1 fully saturated rings. The van der Waals surface area contributed by atoms with E-state index in [1.165, 1.54) is 15.6 Å². The molecule has 1 aliphatic rings. The summed E-state index contributed by atoms with van der Waals surface area (Å²) in [6.07, 6.45) is 4.33. The number of hydrogen-bond acceptors (Lipinski definition) is 6. The zero-order valence-corrected chi connectivity index (χ0v) is 22.1. The maximum absolute atomic E-state index is 13.8. The average Bonchev–Trinajstić information content (AvgIpc) is 3.31. The highest BCUT2D eigenvalue weighted by atomic mass is 35.5. The lowest BCUT2D eigenvalue weighted by molar-refractivity contribution is -0.123. The highest BCUT2D eigenvalue weighted by molar-refractivity contribution is 7.89. The first-order chi connectivity index (χ1) is 17.3. The van der Waals surface area contributed by atoms with Crippen LogP contribution in [-0.2, 0) is 21.4 Å². The second-order valence-electron chi connectivity index (χ2n) is 8.89. The SMILES string of the molecule is Cc1ccc(S(=O)(=O)N2CCC(C(=O)N(Cc3cccnc3)c3nc4ccc(Cl)cc4s3)CC2)cc1. The lowest BCUT2D eigenvalue weighted by Crippen LogP contribution is -2.44. The quantitative estimate of drug-likeness (QED) is 0.332. The van der Waals surface area contributed by atoms with Crippen molar-refractivity contribution in [2.75, 3.05) is 18.0 Å². The third kappa shape index (κ3) is 5.15. The molecule has 0 radical (unpaired) electrons. The number of pyridine rings is 1. The molecule has 2 aromatic carbocycles. The van der Waals surface area contributed by atoms with Crippen LogP contribution >= 0.6 is 22.9 Å². The number of halogens is 1. The van der Waals surface area contributed by atoms with Gasteiger partial charge in [-0.15, -0.1) is 0 Å². The average molecular weight is 541 g/mol. The van der Waals surface area contributed by atoms with Crippen molar-refractivity contribution in [3.63, 3.8) is 0 Å². The van der Waals surface area contributed by atoms with E-state index in [9.17, 15) is 13.2 Å². The van der Waals surface area contributed by atoms with Crippen LogP contribution in [0.3, 0.4) is 0 Å². The molecule has 1 amide bonds. The lowest BCUT2D eigenvalue weighted by Gasteiger charge is -2.33. The van der Waals surface area contributed by atoms with Gasteiger partial charge in [-0.3, -0.25) is 14.7 Å². The van der Waals surface area contributed by atoms with E-state index in [1.54, 1.807) is 47.6 Å². The van der Waals surface area contributed by atoms with Gasteiger partial charge in [-0.25, -0.2) is 13.4 Å². The maximum atomic E-state index is 13.8. The van der Waals surface area contributed by atoms with Crippen LogP contribution in [0.5, 0.6) is 0 Å². The smallest absolute Gasteiger partial charge is 0.243 e. The molecule has 4 aromatic rings. The molecule has 7 nitrogen and oxygen atoms in total. The van der Waals surface area contributed by atoms with E-state index in [4.69, 9.17) is 16.6 Å². The Morgan fingerprint density at radius 1 is 1.14 bits per heavy atom. The second-order valence-corrected chi connectivity index (χ2v) is 12.3. The number of aromatic nitrogens is 2. The number of sulfonamides is 1. The maximum Gasteiger partial charge on any atom is 0.243 e. The first-order valence-electron chi connectivity index (χ1n) is 11.6. The fourth-order valence-electron chi connectivity index (χ4n) is 4.34. The van der Waals surface area contributed by atoms with Gasteiger partial charge in [0, 0.05) is 36.4 Å². The van der Waals surface area contributed by atoms with Crippen LogP contribution in [0.15, 0.2) is 71.9 Å². The Hall–Kier alpha value is -2.85. The van der Waals surface area contributed by atoms with Crippen LogP contribution in [0, 0.1) is 12.8 Å². The standard InChI is InChI=1S/C26H25ClN4O3S2/c1-18-4-7-22(8-5-18)36(33,34)30-13-10-20(11-14-30)25(32)31(17-19-3-2-12-28-16-19)26-29-23-9-6-21(27)15-24(23)35-26/h2-9,12,15-16,20H,10-11,13-14,17H2,1H3. The normalized spacial score (nSPS) is 15.3. The molecular weight excluding hydrogens is 516 g/mol. The van der Waals surface area contributed by atoms with Crippen molar-refractivity contribution < 1.29 is 13.2 Å². The Labute approximate surface area is 219 Å². The summed E-state index contributed by atoms with van der Waals surface area (Å²) in [5.41, 5.74) is 2.68. The van der Waals surface area contributed by atoms with E-state index in [0.29, 0.717) is 42.6 Å². The zero-order valence-electron chi connectivity index (χ0n) is 19.7. The van der Waals surface area contributed by atoms with Gasteiger partial charge in [0.15, 0.2) is 5.13 Å². The highest BCUT2D eigenvalue weighted by Gasteiger charge is 2.35. The Balaban J connectivity index is 1.37. The summed E-state index contributed by atoms with van der Waals surface area (Å²) in [6, 6.07) is 16.1. The Kier molecular flexibility index (Phi) is 7.07. The van der Waals surface area contributed by atoms with Gasteiger partial charge in [0.05, 0.1) is 21.7 Å². The molecule has 0 spiro atoms. The summed E-state index contributed by atoms with van der Waals surface area (Å²) in [6.45, 7) is 2.85. The van der Waals surface area contributed by atoms with Crippen molar-refractivity contribution >= 4 is 54.2 Å². The minimum Gasteiger partial charge on any atom is -0.283 e. The van der Waals surface area contributed by atoms with Crippen LogP contribution < -0.4 is 4.90 Å². The molecule has 1 saturated heterocycles. The Morgan fingerprint density at radius 3 is 2.58 bits per heavy atom. The molecule has 3 heterocycles. The van der Waals surface area contributed by atoms with Crippen LogP contribution in [0.2, 0.25) is 5.02 Å². The summed E-state index contributed by atoms with van der Waals surface area (Å²) in [4.78, 5) is 24.7. The number of fused-ring (bicyclic) bond motifs is 1. The van der Waals surface area contributed by atoms with Gasteiger partial charge in [0.1, 0.15) is 0 Å². The van der Waals surface area contributed by atoms with E-state index in [2.05, 4.69) is 4.98 Å². The van der Waals surface area contributed by atoms with Crippen molar-refractivity contribution in [2.24, 2.45) is 5.92 Å². The number of anilines is 1. The van der Waals surface area contributed by atoms with Crippen molar-refractivity contribution in [3.05, 3.63) is 83.1 Å². The molecule has 36 heavy (non-hydrogen) atoms. The van der Waals surface area contributed by atoms with Crippen molar-refractivity contribution in [3.8, 4) is 0 Å². The fraction of sp³-hybridized carbons (Fsp3) is 0.269. The summed E-state index contributed by atoms with van der Waals surface area (Å²) in [5, 5.41) is 1.21. The predicted octanol–water partition coefficient (Wildman–Crippen LogP) is 5.29. The van der Waals surface area contributed by atoms with E-state index in [-0.39, 0.29) is 16.7 Å². The van der Waals surface area contributed by atoms with Crippen molar-refractivity contribution in [2.45, 2.75) is 31.2 Å². The van der Waals surface area contributed by atoms with Gasteiger partial charge in [0.25, 0.3) is 0 Å². The third-order valence-corrected chi connectivity index (χ3v) is 9.55. The molecule has 0 bridgehead atoms. The molecule has 5 rings (SSSR count). The monoisotopic (exact) mass is 540 g/mol. The summed E-state index contributed by atoms with van der Waals surface area (Å²) < 4.78 is 28.6. The number of hydrogen-bond donors (Lipinski definition) is 0. The number of rotatable bonds is 6. The lowest BCUT2D eigenvalue weighted by atomic mass is 9.96. The minimum atomic E-state index is -3.59. The molecule has 1 aliphatic heterocycles. The van der Waals surface area contributed by atoms with Crippen LogP contribution in [-0.4, -0.2) is 41.7 Å². The number of thiazole rings is 1. The van der Waals surface area contributed by atoms with Gasteiger partial charge >= 0.3 is 0 Å². The molecule has 0 N–H and O–H groups in total. The number of carbonyl (C=O) groups is 1. The second kappa shape index (κ2) is 10.3. The van der Waals surface area contributed by atoms with E-state index in [1.807, 2.05) is 31.2 Å². The van der Waals surface area contributed by atoms with E-state index < -0.39 is 10.0 Å². The van der Waals surface area contributed by atoms with Gasteiger partial charge in [-0.2, -0.15) is 4.31 Å². The minimum absolute atomic E-state index is 0.0589. The van der Waals surface area contributed by atoms with E-state index >= 15 is 0 Å². The number of amides is 1. The van der Waals surface area contributed by atoms with Crippen LogP contribution in [0.25, 0.3) is 10.2 Å². The van der Waals surface area contributed by atoms with Crippen LogP contribution in [0.4, 0.5) is 5.13 Å². The molecule has 0 saturated carbocycles. The largest absolute Gasteiger partial charge is 0.283 e. The number of nitrogens with zero attached hydrogens (tertiary/aromatic N) is 4. The molecule has 0 unspecified atom stereocenters. The summed E-state index contributed by atoms with van der Waals surface area (Å²) in [7, 11) is -3.59. The zero-order chi connectivity index (χ0) is 25.3. The fourth-order valence-corrected chi connectivity index (χ4v) is 7.05. The first kappa shape index (κ1) is 24.8. The number of carbonyl (C=O) groups excluding carboxylic acids is 1. The highest BCUT2D eigenvalue weighted by Crippen LogP contribution is 2.34. The van der Waals surface area contributed by atoms with Gasteiger partial charge < -0.3 is 0 Å². The first-order valence-corrected chi connectivity index (χ1v) is 14.3. The van der Waals surface area contributed by atoms with Crippen molar-refractivity contribution in [1.82, 2.24) is 14.3 Å². The summed E-state index contributed by atoms with van der Waals surface area (Å²) in [5.74, 6) is -0.363. The van der Waals surface area contributed by atoms with Gasteiger partial charge in [-0.05, 0) is 61.7 Å². The van der Waals surface area contributed by atoms with Gasteiger partial charge in [-0.1, -0.05) is 46.7 Å². The number of aryl methyl sites for hydroxylation is 1. The van der Waals surface area contributed by atoms with Crippen LogP contribution in [0.1, 0.15) is 24.0 Å². The molecule has 0 aliphatic carbocycles. The van der Waals surface area contributed by atoms with E-state index in [0.717, 1.165) is 21.3 Å². The van der Waals surface area contributed by atoms with Gasteiger partial charge in [0.2, 0.25) is 15.9 Å². The summed E-state index contributed by atoms with van der Waals surface area (Å²) >= 11 is 7.58. The molecule has 10 heteroatoms. The van der Waals surface area contributed by atoms with Crippen molar-refractivity contribution in [1.29, 1.82) is 0 Å². The Bertz CT molecular complexity index is 1480. The molecule has 186 valence electrons. The third-order valence-electron chi connectivity index (χ3n) is 6.36. The Morgan fingerprint density at radius 2 is 1.89 bits per heavy atom. The molecule has 0 atom stereocenters. The number of piperidine rings is 1. The number of benzene rings is 2.